The third-order valence-corrected chi connectivity index (χ3v) is 8.23. The maximum absolute atomic E-state index is 13.4. The lowest BCUT2D eigenvalue weighted by atomic mass is 10.0. The van der Waals surface area contributed by atoms with Gasteiger partial charge in [0.1, 0.15) is 4.83 Å². The van der Waals surface area contributed by atoms with Crippen LogP contribution >= 0.6 is 34.4 Å². The quantitative estimate of drug-likeness (QED) is 0.210. The van der Waals surface area contributed by atoms with E-state index >= 15 is 0 Å². The molecule has 0 radical (unpaired) electrons. The normalized spacial score (nSPS) is 13.3. The number of amides is 1. The smallest absolute Gasteiger partial charge is 0.263 e. The van der Waals surface area contributed by atoms with Crippen molar-refractivity contribution in [2.45, 2.75) is 24.5 Å². The van der Waals surface area contributed by atoms with E-state index < -0.39 is 0 Å². The van der Waals surface area contributed by atoms with Crippen LogP contribution in [0.1, 0.15) is 12.0 Å². The molecule has 1 aliphatic heterocycles. The number of aryl methyl sites for hydroxylation is 1. The van der Waals surface area contributed by atoms with E-state index in [2.05, 4.69) is 12.6 Å². The van der Waals surface area contributed by atoms with Crippen LogP contribution in [0, 0.1) is 0 Å². The summed E-state index contributed by atoms with van der Waals surface area (Å²) in [7, 11) is 0. The monoisotopic (exact) mass is 479 g/mol. The van der Waals surface area contributed by atoms with Crippen LogP contribution in [-0.2, 0) is 17.8 Å². The van der Waals surface area contributed by atoms with Crippen LogP contribution in [0.25, 0.3) is 20.7 Å². The maximum atomic E-state index is 13.4. The second-order valence-electron chi connectivity index (χ2n) is 7.47. The number of para-hydroxylation sites is 1. The highest BCUT2D eigenvalue weighted by atomic mass is 32.2. The van der Waals surface area contributed by atoms with Gasteiger partial charge < -0.3 is 4.90 Å². The first-order chi connectivity index (χ1) is 15.7. The number of aromatic nitrogens is 2. The summed E-state index contributed by atoms with van der Waals surface area (Å²) >= 11 is 4.40. The van der Waals surface area contributed by atoms with Crippen molar-refractivity contribution in [1.29, 1.82) is 0 Å². The lowest BCUT2D eigenvalue weighted by molar-refractivity contribution is -0.116. The first-order valence-corrected chi connectivity index (χ1v) is 13.1. The van der Waals surface area contributed by atoms with Crippen LogP contribution < -0.4 is 10.5 Å². The van der Waals surface area contributed by atoms with Gasteiger partial charge in [-0.1, -0.05) is 42.1 Å². The minimum absolute atomic E-state index is 0.0344. The number of thiophene rings is 2. The fourth-order valence-electron chi connectivity index (χ4n) is 4.02. The summed E-state index contributed by atoms with van der Waals surface area (Å²) in [6, 6.07) is 12.1. The predicted octanol–water partition coefficient (Wildman–Crippen LogP) is 5.44. The first kappa shape index (κ1) is 21.2. The topological polar surface area (TPSA) is 55.2 Å². The van der Waals surface area contributed by atoms with Crippen molar-refractivity contribution in [2.24, 2.45) is 0 Å². The average Bonchev–Trinajstić information content (AvgIpc) is 3.49. The summed E-state index contributed by atoms with van der Waals surface area (Å²) in [6.45, 7) is 4.88. The molecule has 0 fully saturated rings. The fourth-order valence-corrected chi connectivity index (χ4v) is 6.70. The molecule has 4 aromatic rings. The predicted molar refractivity (Wildman–Crippen MR) is 135 cm³/mol. The second-order valence-corrected chi connectivity index (χ2v) is 10.2. The van der Waals surface area contributed by atoms with E-state index in [1.807, 2.05) is 46.0 Å². The largest absolute Gasteiger partial charge is 0.311 e. The lowest BCUT2D eigenvalue weighted by Gasteiger charge is -2.29. The number of nitrogens with zero attached hydrogens (tertiary/aromatic N) is 3. The Balaban J connectivity index is 1.46. The van der Waals surface area contributed by atoms with Crippen LogP contribution in [0.15, 0.2) is 69.8 Å². The van der Waals surface area contributed by atoms with Crippen molar-refractivity contribution in [2.75, 3.05) is 17.2 Å². The summed E-state index contributed by atoms with van der Waals surface area (Å²) in [5.74, 6) is 0.263. The molecular formula is C24H21N3O2S3. The molecule has 0 saturated heterocycles. The number of allylic oxidation sites excluding steroid dienone is 1. The number of anilines is 1. The summed E-state index contributed by atoms with van der Waals surface area (Å²) < 4.78 is 1.63. The van der Waals surface area contributed by atoms with Gasteiger partial charge in [-0.2, -0.15) is 0 Å². The van der Waals surface area contributed by atoms with Crippen LogP contribution in [0.4, 0.5) is 5.69 Å². The van der Waals surface area contributed by atoms with Crippen molar-refractivity contribution in [1.82, 2.24) is 9.55 Å². The molecule has 1 aromatic carbocycles. The molecule has 0 bridgehead atoms. The number of carbonyl (C=O) groups is 1. The highest BCUT2D eigenvalue weighted by Gasteiger charge is 2.23. The van der Waals surface area contributed by atoms with Gasteiger partial charge in [0.25, 0.3) is 5.56 Å². The number of fused-ring (bicyclic) bond motifs is 2. The third-order valence-electron chi connectivity index (χ3n) is 5.49. The molecule has 3 aromatic heterocycles. The van der Waals surface area contributed by atoms with Crippen LogP contribution in [0.2, 0.25) is 0 Å². The molecule has 0 N–H and O–H groups in total. The van der Waals surface area contributed by atoms with Gasteiger partial charge in [0.2, 0.25) is 5.91 Å². The Morgan fingerprint density at radius 2 is 2.09 bits per heavy atom. The molecule has 1 amide bonds. The van der Waals surface area contributed by atoms with E-state index in [-0.39, 0.29) is 17.2 Å². The van der Waals surface area contributed by atoms with E-state index in [1.165, 1.54) is 28.7 Å². The number of benzene rings is 1. The van der Waals surface area contributed by atoms with Crippen molar-refractivity contribution >= 4 is 56.2 Å². The first-order valence-electron chi connectivity index (χ1n) is 10.3. The Morgan fingerprint density at radius 1 is 1.22 bits per heavy atom. The minimum atomic E-state index is -0.0854. The highest BCUT2D eigenvalue weighted by Crippen LogP contribution is 2.35. The minimum Gasteiger partial charge on any atom is -0.311 e. The number of hydrogen-bond acceptors (Lipinski definition) is 6. The average molecular weight is 480 g/mol. The second kappa shape index (κ2) is 9.05. The molecule has 0 spiro atoms. The van der Waals surface area contributed by atoms with Crippen LogP contribution in [0.5, 0.6) is 0 Å². The zero-order valence-corrected chi connectivity index (χ0v) is 19.8. The lowest BCUT2D eigenvalue weighted by Crippen LogP contribution is -2.36. The Morgan fingerprint density at radius 3 is 2.91 bits per heavy atom. The molecule has 4 heterocycles. The van der Waals surface area contributed by atoms with Gasteiger partial charge in [-0.15, -0.1) is 29.3 Å². The van der Waals surface area contributed by atoms with E-state index in [4.69, 9.17) is 4.98 Å². The number of carbonyl (C=O) groups excluding carboxylic acids is 1. The number of hydrogen-bond donors (Lipinski definition) is 0. The Kier molecular flexibility index (Phi) is 5.99. The SMILES string of the molecule is C=CCn1c(SCC(=O)N2CCCc3ccccc32)nc2scc(-c3cccs3)c2c1=O. The summed E-state index contributed by atoms with van der Waals surface area (Å²) in [6.07, 6.45) is 3.65. The molecule has 0 unspecified atom stereocenters. The van der Waals surface area contributed by atoms with Crippen molar-refractivity contribution in [3.63, 3.8) is 0 Å². The van der Waals surface area contributed by atoms with E-state index in [9.17, 15) is 9.59 Å². The van der Waals surface area contributed by atoms with Gasteiger partial charge in [-0.3, -0.25) is 14.2 Å². The Bertz CT molecular complexity index is 1350. The van der Waals surface area contributed by atoms with Gasteiger partial charge in [0.05, 0.1) is 11.1 Å². The van der Waals surface area contributed by atoms with Gasteiger partial charge >= 0.3 is 0 Å². The molecule has 8 heteroatoms. The molecule has 32 heavy (non-hydrogen) atoms. The van der Waals surface area contributed by atoms with Gasteiger partial charge in [-0.25, -0.2) is 4.98 Å². The van der Waals surface area contributed by atoms with Gasteiger partial charge in [-0.05, 0) is 35.9 Å². The molecular weight excluding hydrogens is 458 g/mol. The molecule has 162 valence electrons. The van der Waals surface area contributed by atoms with Crippen molar-refractivity contribution < 1.29 is 4.79 Å². The highest BCUT2D eigenvalue weighted by molar-refractivity contribution is 7.99. The number of thioether (sulfide) groups is 1. The van der Waals surface area contributed by atoms with Crippen molar-refractivity contribution in [3.05, 3.63) is 75.7 Å². The molecule has 5 rings (SSSR count). The van der Waals surface area contributed by atoms with E-state index in [0.29, 0.717) is 21.9 Å². The third kappa shape index (κ3) is 3.83. The Labute approximate surface area is 198 Å². The summed E-state index contributed by atoms with van der Waals surface area (Å²) in [4.78, 5) is 34.9. The standard InChI is InChI=1S/C24H21N3O2S3/c1-2-11-27-23(29)21-17(19-10-6-13-30-19)14-31-22(21)25-24(27)32-15-20(28)26-12-5-8-16-7-3-4-9-18(16)26/h2-4,6-7,9-10,13-14H,1,5,8,11-12,15H2. The van der Waals surface area contributed by atoms with E-state index in [1.54, 1.807) is 22.0 Å². The molecule has 0 saturated carbocycles. The summed E-state index contributed by atoms with van der Waals surface area (Å²) in [5, 5.41) is 5.19. The van der Waals surface area contributed by atoms with Gasteiger partial charge in [0.15, 0.2) is 5.16 Å². The zero-order chi connectivity index (χ0) is 22.1. The maximum Gasteiger partial charge on any atom is 0.263 e. The number of rotatable bonds is 6. The molecule has 1 aliphatic rings. The zero-order valence-electron chi connectivity index (χ0n) is 17.3. The fraction of sp³-hybridized carbons (Fsp3) is 0.208. The molecule has 0 atom stereocenters. The van der Waals surface area contributed by atoms with Crippen molar-refractivity contribution in [3.8, 4) is 10.4 Å². The van der Waals surface area contributed by atoms with E-state index in [0.717, 1.165) is 35.5 Å². The van der Waals surface area contributed by atoms with Gasteiger partial charge in [0, 0.05) is 34.6 Å². The van der Waals surface area contributed by atoms with Crippen LogP contribution in [-0.4, -0.2) is 27.8 Å². The Hall–Kier alpha value is -2.68. The molecule has 0 aliphatic carbocycles. The molecule has 5 nitrogen and oxygen atoms in total. The summed E-state index contributed by atoms with van der Waals surface area (Å²) in [5.41, 5.74) is 3.04. The van der Waals surface area contributed by atoms with Crippen LogP contribution in [0.3, 0.4) is 0 Å².